The number of carbonyl (C=O) groups is 3. The number of unbranched alkanes of at least 4 members (excludes halogenated alkanes) is 1. The lowest BCUT2D eigenvalue weighted by Crippen LogP contribution is -2.43. The molecule has 220 valence electrons. The number of nitrogens with zero attached hydrogens (tertiary/aromatic N) is 1. The average Bonchev–Trinajstić information content (AvgIpc) is 3.22. The molecule has 0 aromatic heterocycles. The minimum absolute atomic E-state index is 0.00510. The van der Waals surface area contributed by atoms with Gasteiger partial charge in [0.1, 0.15) is 0 Å². The van der Waals surface area contributed by atoms with E-state index in [1.165, 1.54) is 0 Å². The first-order chi connectivity index (χ1) is 18.5. The molecule has 0 spiro atoms. The van der Waals surface area contributed by atoms with Gasteiger partial charge in [-0.3, -0.25) is 9.59 Å². The van der Waals surface area contributed by atoms with E-state index in [0.29, 0.717) is 89.1 Å². The van der Waals surface area contributed by atoms with Crippen molar-refractivity contribution in [2.45, 2.75) is 62.3 Å². The maximum atomic E-state index is 11.9. The Bertz CT molecular complexity index is 691. The van der Waals surface area contributed by atoms with Crippen LogP contribution in [0.4, 0.5) is 0 Å². The van der Waals surface area contributed by atoms with Gasteiger partial charge in [0.15, 0.2) is 0 Å². The first kappa shape index (κ1) is 32.7. The minimum Gasteiger partial charge on any atom is -0.378 e. The number of hydrogen-bond donors (Lipinski definition) is 3. The Morgan fingerprint density at radius 1 is 0.947 bits per heavy atom. The lowest BCUT2D eigenvalue weighted by molar-refractivity contribution is -0.331. The summed E-state index contributed by atoms with van der Waals surface area (Å²) >= 11 is 1.84. The summed E-state index contributed by atoms with van der Waals surface area (Å²) in [4.78, 5) is 44.8. The molecule has 0 aromatic carbocycles. The fourth-order valence-corrected chi connectivity index (χ4v) is 5.11. The van der Waals surface area contributed by atoms with Gasteiger partial charge in [-0.1, -0.05) is 6.42 Å². The Morgan fingerprint density at radius 2 is 1.61 bits per heavy atom. The predicted molar refractivity (Wildman–Crippen MR) is 140 cm³/mol. The maximum Gasteiger partial charge on any atom is 0.337 e. The maximum absolute atomic E-state index is 11.9. The van der Waals surface area contributed by atoms with Crippen molar-refractivity contribution in [3.8, 4) is 0 Å². The Hall–Kier alpha value is -1.52. The van der Waals surface area contributed by atoms with E-state index in [1.807, 2.05) is 11.8 Å². The smallest absolute Gasteiger partial charge is 0.337 e. The van der Waals surface area contributed by atoms with Gasteiger partial charge in [-0.25, -0.2) is 9.63 Å². The van der Waals surface area contributed by atoms with Crippen LogP contribution in [0.2, 0.25) is 0 Å². The van der Waals surface area contributed by atoms with Crippen LogP contribution in [0.15, 0.2) is 0 Å². The highest BCUT2D eigenvalue weighted by Gasteiger charge is 2.30. The first-order valence-electron chi connectivity index (χ1n) is 13.3. The molecular weight excluding hydrogens is 520 g/mol. The van der Waals surface area contributed by atoms with Crippen molar-refractivity contribution < 1.29 is 43.0 Å². The van der Waals surface area contributed by atoms with Crippen LogP contribution in [0, 0.1) is 0 Å². The number of hydrogen-bond acceptors (Lipinski definition) is 12. The number of hydroxylamine groups is 2. The Morgan fingerprint density at radius 3 is 2.24 bits per heavy atom. The molecule has 0 saturated carbocycles. The molecule has 3 unspecified atom stereocenters. The molecule has 5 N–H and O–H groups in total. The van der Waals surface area contributed by atoms with E-state index < -0.39 is 5.97 Å². The summed E-state index contributed by atoms with van der Waals surface area (Å²) in [5.74, 6) is -0.00868. The van der Waals surface area contributed by atoms with E-state index in [1.54, 1.807) is 0 Å². The summed E-state index contributed by atoms with van der Waals surface area (Å²) in [5.41, 5.74) is 12.0. The third kappa shape index (κ3) is 14.6. The van der Waals surface area contributed by atoms with E-state index in [0.717, 1.165) is 25.0 Å². The van der Waals surface area contributed by atoms with Crippen molar-refractivity contribution in [3.63, 3.8) is 0 Å². The largest absolute Gasteiger partial charge is 0.378 e. The standard InChI is InChI=1S/C24H44N4O9S/c25-19-18-38-20(24(19)26)4-1-2-5-21(29)27-8-11-33-13-15-35-17-16-34-14-12-32-10-7-23(31)37-28-22(30)6-3-9-36-28/h19-20,24H,1-18,25-26H2,(H,27,29). The molecule has 2 heterocycles. The lowest BCUT2D eigenvalue weighted by atomic mass is 10.0. The molecule has 2 saturated heterocycles. The van der Waals surface area contributed by atoms with Crippen molar-refractivity contribution in [2.24, 2.45) is 11.5 Å². The van der Waals surface area contributed by atoms with Crippen LogP contribution in [0.3, 0.4) is 0 Å². The van der Waals surface area contributed by atoms with Crippen LogP contribution in [-0.2, 0) is 43.0 Å². The number of nitrogens with one attached hydrogen (secondary N) is 1. The predicted octanol–water partition coefficient (Wildman–Crippen LogP) is -0.0983. The zero-order valence-electron chi connectivity index (χ0n) is 22.1. The number of rotatable bonds is 21. The third-order valence-corrected chi connectivity index (χ3v) is 7.39. The van der Waals surface area contributed by atoms with Gasteiger partial charge in [0, 0.05) is 42.5 Å². The van der Waals surface area contributed by atoms with Crippen LogP contribution < -0.4 is 16.8 Å². The zero-order chi connectivity index (χ0) is 27.4. The van der Waals surface area contributed by atoms with Crippen LogP contribution in [0.25, 0.3) is 0 Å². The van der Waals surface area contributed by atoms with Gasteiger partial charge in [0.05, 0.1) is 65.9 Å². The molecule has 13 nitrogen and oxygen atoms in total. The number of ether oxygens (including phenoxy) is 4. The lowest BCUT2D eigenvalue weighted by Gasteiger charge is -2.23. The number of amides is 2. The molecule has 2 aliphatic heterocycles. The summed E-state index contributed by atoms with van der Waals surface area (Å²) in [7, 11) is 0. The van der Waals surface area contributed by atoms with Crippen LogP contribution in [-0.4, -0.2) is 112 Å². The molecule has 3 atom stereocenters. The van der Waals surface area contributed by atoms with Gasteiger partial charge < -0.3 is 40.6 Å². The van der Waals surface area contributed by atoms with Crippen molar-refractivity contribution >= 4 is 29.5 Å². The van der Waals surface area contributed by atoms with Crippen molar-refractivity contribution in [1.82, 2.24) is 10.5 Å². The van der Waals surface area contributed by atoms with Crippen molar-refractivity contribution in [2.75, 3.05) is 71.8 Å². The summed E-state index contributed by atoms with van der Waals surface area (Å²) in [6, 6.07) is 0.153. The fourth-order valence-electron chi connectivity index (χ4n) is 3.66. The topological polar surface area (TPSA) is 174 Å². The molecule has 0 aliphatic carbocycles. The molecule has 0 aromatic rings. The summed E-state index contributed by atoms with van der Waals surface area (Å²) < 4.78 is 21.6. The molecule has 14 heteroatoms. The molecule has 0 radical (unpaired) electrons. The molecule has 2 rings (SSSR count). The first-order valence-corrected chi connectivity index (χ1v) is 14.4. The second-order valence-electron chi connectivity index (χ2n) is 8.96. The normalized spacial score (nSPS) is 21.6. The SMILES string of the molecule is NC1CSC(CCCCC(=O)NCCOCCOCCOCCOCCC(=O)ON2OCCCC2=O)C1N. The molecule has 2 fully saturated rings. The summed E-state index contributed by atoms with van der Waals surface area (Å²) in [6.45, 7) is 3.80. The number of nitrogens with two attached hydrogens (primary N) is 2. The van der Waals surface area contributed by atoms with E-state index in [-0.39, 0.29) is 36.9 Å². The van der Waals surface area contributed by atoms with Gasteiger partial charge in [-0.2, -0.15) is 11.8 Å². The van der Waals surface area contributed by atoms with E-state index in [9.17, 15) is 14.4 Å². The third-order valence-electron chi connectivity index (χ3n) is 5.84. The minimum atomic E-state index is -0.597. The van der Waals surface area contributed by atoms with Gasteiger partial charge in [-0.05, 0) is 24.5 Å². The highest BCUT2D eigenvalue weighted by molar-refractivity contribution is 8.00. The monoisotopic (exact) mass is 564 g/mol. The van der Waals surface area contributed by atoms with Gasteiger partial charge in [0.2, 0.25) is 5.91 Å². The number of carbonyl (C=O) groups excluding carboxylic acids is 3. The number of thioether (sulfide) groups is 1. The molecular formula is C24H44N4O9S. The second kappa shape index (κ2) is 20.4. The van der Waals surface area contributed by atoms with E-state index in [4.69, 9.17) is 40.1 Å². The van der Waals surface area contributed by atoms with Crippen molar-refractivity contribution in [3.05, 3.63) is 0 Å². The average molecular weight is 565 g/mol. The van der Waals surface area contributed by atoms with Crippen LogP contribution in [0.5, 0.6) is 0 Å². The van der Waals surface area contributed by atoms with Gasteiger partial charge >= 0.3 is 5.97 Å². The zero-order valence-corrected chi connectivity index (χ0v) is 23.0. The second-order valence-corrected chi connectivity index (χ2v) is 10.2. The quantitative estimate of drug-likeness (QED) is 0.158. The highest BCUT2D eigenvalue weighted by Crippen LogP contribution is 2.28. The molecule has 38 heavy (non-hydrogen) atoms. The van der Waals surface area contributed by atoms with Gasteiger partial charge in [0.25, 0.3) is 5.91 Å². The summed E-state index contributed by atoms with van der Waals surface area (Å²) in [5, 5.41) is 3.92. The molecule has 2 aliphatic rings. The molecule has 0 bridgehead atoms. The van der Waals surface area contributed by atoms with Crippen molar-refractivity contribution in [1.29, 1.82) is 0 Å². The van der Waals surface area contributed by atoms with Crippen LogP contribution in [0.1, 0.15) is 44.9 Å². The highest BCUT2D eigenvalue weighted by atomic mass is 32.2. The van der Waals surface area contributed by atoms with Gasteiger partial charge in [-0.15, -0.1) is 0 Å². The Kier molecular flexibility index (Phi) is 17.5. The van der Waals surface area contributed by atoms with Crippen LogP contribution >= 0.6 is 11.8 Å². The Balaban J connectivity index is 1.26. The summed E-state index contributed by atoms with van der Waals surface area (Å²) in [6.07, 6.45) is 4.26. The molecule has 2 amide bonds. The van der Waals surface area contributed by atoms with E-state index in [2.05, 4.69) is 5.32 Å². The van der Waals surface area contributed by atoms with E-state index >= 15 is 0 Å². The Labute approximate surface area is 228 Å². The fraction of sp³-hybridized carbons (Fsp3) is 0.875.